The van der Waals surface area contributed by atoms with Gasteiger partial charge in [0, 0.05) is 24.6 Å². The molecular weight excluding hydrogens is 453 g/mol. The van der Waals surface area contributed by atoms with Crippen LogP contribution in [0.25, 0.3) is 11.0 Å². The first-order chi connectivity index (χ1) is 16.1. The molecule has 0 aliphatic rings. The lowest BCUT2D eigenvalue weighted by molar-refractivity contribution is -0.137. The van der Waals surface area contributed by atoms with Gasteiger partial charge in [-0.1, -0.05) is 25.5 Å². The van der Waals surface area contributed by atoms with Crippen LogP contribution in [0.1, 0.15) is 24.5 Å². The Labute approximate surface area is 193 Å². The zero-order valence-corrected chi connectivity index (χ0v) is 18.6. The number of rotatable bonds is 8. The molecule has 3 rings (SSSR count). The van der Waals surface area contributed by atoms with E-state index >= 15 is 0 Å². The SMILES string of the molecule is CCCc1cc(=O)oc2cc(OCC(=O)N(C)CC(=O)Nc3ccccc3C(F)(F)F)ccc12. The Morgan fingerprint density at radius 1 is 1.12 bits per heavy atom. The number of fused-ring (bicyclic) bond motifs is 1. The molecule has 0 atom stereocenters. The van der Waals surface area contributed by atoms with Crippen molar-refractivity contribution in [1.82, 2.24) is 4.90 Å². The van der Waals surface area contributed by atoms with Crippen LogP contribution in [0.4, 0.5) is 18.9 Å². The number of amides is 2. The van der Waals surface area contributed by atoms with Gasteiger partial charge in [0.05, 0.1) is 17.8 Å². The number of alkyl halides is 3. The van der Waals surface area contributed by atoms with Gasteiger partial charge in [-0.25, -0.2) is 4.79 Å². The third kappa shape index (κ3) is 6.15. The lowest BCUT2D eigenvalue weighted by Gasteiger charge is -2.18. The summed E-state index contributed by atoms with van der Waals surface area (Å²) in [5, 5.41) is 2.95. The second-order valence-electron chi connectivity index (χ2n) is 7.63. The molecule has 3 aromatic rings. The zero-order chi connectivity index (χ0) is 24.9. The van der Waals surface area contributed by atoms with Gasteiger partial charge in [-0.05, 0) is 36.2 Å². The van der Waals surface area contributed by atoms with E-state index in [0.29, 0.717) is 12.0 Å². The molecule has 0 saturated heterocycles. The van der Waals surface area contributed by atoms with Gasteiger partial charge in [-0.3, -0.25) is 9.59 Å². The minimum absolute atomic E-state index is 0.287. The van der Waals surface area contributed by atoms with Gasteiger partial charge in [-0.15, -0.1) is 0 Å². The van der Waals surface area contributed by atoms with Gasteiger partial charge < -0.3 is 19.4 Å². The molecule has 0 unspecified atom stereocenters. The first-order valence-electron chi connectivity index (χ1n) is 10.5. The molecule has 0 saturated carbocycles. The molecule has 0 aliphatic heterocycles. The average molecular weight is 476 g/mol. The average Bonchev–Trinajstić information content (AvgIpc) is 2.76. The number of nitrogens with zero attached hydrogens (tertiary/aromatic N) is 1. The monoisotopic (exact) mass is 476 g/mol. The molecule has 1 N–H and O–H groups in total. The van der Waals surface area contributed by atoms with Crippen molar-refractivity contribution >= 4 is 28.5 Å². The third-order valence-corrected chi connectivity index (χ3v) is 5.00. The molecule has 1 heterocycles. The first-order valence-corrected chi connectivity index (χ1v) is 10.5. The van der Waals surface area contributed by atoms with Crippen LogP contribution in [-0.2, 0) is 22.2 Å². The molecule has 0 aliphatic carbocycles. The van der Waals surface area contributed by atoms with Crippen LogP contribution in [0.5, 0.6) is 5.75 Å². The van der Waals surface area contributed by atoms with Crippen molar-refractivity contribution in [3.05, 3.63) is 70.1 Å². The Bertz CT molecular complexity index is 1250. The van der Waals surface area contributed by atoms with Crippen molar-refractivity contribution < 1.29 is 31.9 Å². The van der Waals surface area contributed by atoms with E-state index < -0.39 is 48.0 Å². The van der Waals surface area contributed by atoms with Crippen molar-refractivity contribution in [2.45, 2.75) is 25.9 Å². The summed E-state index contributed by atoms with van der Waals surface area (Å²) in [6.07, 6.45) is -3.07. The Hall–Kier alpha value is -3.82. The number of carbonyl (C=O) groups is 2. The van der Waals surface area contributed by atoms with Gasteiger partial charge >= 0.3 is 11.8 Å². The van der Waals surface area contributed by atoms with Crippen LogP contribution in [-0.4, -0.2) is 36.9 Å². The lowest BCUT2D eigenvalue weighted by atomic mass is 10.1. The van der Waals surface area contributed by atoms with Crippen LogP contribution in [0.15, 0.2) is 57.7 Å². The molecule has 0 bridgehead atoms. The molecule has 2 aromatic carbocycles. The minimum Gasteiger partial charge on any atom is -0.484 e. The summed E-state index contributed by atoms with van der Waals surface area (Å²) in [5.41, 5.74) is -0.670. The quantitative estimate of drug-likeness (QED) is 0.492. The highest BCUT2D eigenvalue weighted by Crippen LogP contribution is 2.34. The zero-order valence-electron chi connectivity index (χ0n) is 18.6. The molecule has 1 aromatic heterocycles. The number of aryl methyl sites for hydroxylation is 1. The number of hydrogen-bond donors (Lipinski definition) is 1. The second kappa shape index (κ2) is 10.4. The van der Waals surface area contributed by atoms with Gasteiger partial charge in [0.1, 0.15) is 11.3 Å². The summed E-state index contributed by atoms with van der Waals surface area (Å²) in [5.74, 6) is -1.07. The van der Waals surface area contributed by atoms with Gasteiger partial charge in [0.25, 0.3) is 5.91 Å². The molecule has 0 radical (unpaired) electrons. The summed E-state index contributed by atoms with van der Waals surface area (Å²) in [6.45, 7) is 1.10. The number of anilines is 1. The number of hydrogen-bond acceptors (Lipinski definition) is 5. The molecular formula is C24H23F3N2O5. The smallest absolute Gasteiger partial charge is 0.418 e. The number of carbonyl (C=O) groups excluding carboxylic acids is 2. The Morgan fingerprint density at radius 3 is 2.56 bits per heavy atom. The summed E-state index contributed by atoms with van der Waals surface area (Å²) >= 11 is 0. The molecule has 0 fully saturated rings. The third-order valence-electron chi connectivity index (χ3n) is 5.00. The molecule has 180 valence electrons. The van der Waals surface area contributed by atoms with E-state index in [0.717, 1.165) is 34.4 Å². The van der Waals surface area contributed by atoms with Crippen LogP contribution in [0.2, 0.25) is 0 Å². The standard InChI is InChI=1S/C24H23F3N2O5/c1-3-6-15-11-23(32)34-20-12-16(9-10-17(15)20)33-14-22(31)29(2)13-21(30)28-19-8-5-4-7-18(19)24(25,26)27/h4-5,7-12H,3,6,13-14H2,1-2H3,(H,28,30). The number of likely N-dealkylation sites (N-methyl/N-ethyl adjacent to an activating group) is 1. The van der Waals surface area contributed by atoms with E-state index in [4.69, 9.17) is 9.15 Å². The molecule has 2 amide bonds. The number of halogens is 3. The predicted molar refractivity (Wildman–Crippen MR) is 120 cm³/mol. The van der Waals surface area contributed by atoms with E-state index in [9.17, 15) is 27.6 Å². The summed E-state index contributed by atoms with van der Waals surface area (Å²) in [6, 6.07) is 10.9. The number of ether oxygens (including phenoxy) is 1. The molecule has 34 heavy (non-hydrogen) atoms. The van der Waals surface area contributed by atoms with Crippen LogP contribution in [0.3, 0.4) is 0 Å². The van der Waals surface area contributed by atoms with E-state index in [1.807, 2.05) is 6.92 Å². The predicted octanol–water partition coefficient (Wildman–Crippen LogP) is 4.24. The first kappa shape index (κ1) is 24.8. The second-order valence-corrected chi connectivity index (χ2v) is 7.63. The molecule has 7 nitrogen and oxygen atoms in total. The molecule has 0 spiro atoms. The Morgan fingerprint density at radius 2 is 1.85 bits per heavy atom. The van der Waals surface area contributed by atoms with Crippen molar-refractivity contribution in [3.8, 4) is 5.75 Å². The lowest BCUT2D eigenvalue weighted by Crippen LogP contribution is -2.37. The number of benzene rings is 2. The summed E-state index contributed by atoms with van der Waals surface area (Å²) in [7, 11) is 1.33. The summed E-state index contributed by atoms with van der Waals surface area (Å²) in [4.78, 5) is 37.4. The van der Waals surface area contributed by atoms with Gasteiger partial charge in [0.2, 0.25) is 5.91 Å². The van der Waals surface area contributed by atoms with Crippen LogP contribution < -0.4 is 15.7 Å². The van der Waals surface area contributed by atoms with E-state index in [-0.39, 0.29) is 5.75 Å². The maximum absolute atomic E-state index is 13.1. The van der Waals surface area contributed by atoms with E-state index in [1.165, 1.54) is 31.3 Å². The fraction of sp³-hybridized carbons (Fsp3) is 0.292. The van der Waals surface area contributed by atoms with Gasteiger partial charge in [0.15, 0.2) is 6.61 Å². The van der Waals surface area contributed by atoms with Crippen LogP contribution in [0, 0.1) is 0 Å². The van der Waals surface area contributed by atoms with Crippen LogP contribution >= 0.6 is 0 Å². The largest absolute Gasteiger partial charge is 0.484 e. The normalized spacial score (nSPS) is 11.3. The number of nitrogens with one attached hydrogen (secondary N) is 1. The van der Waals surface area contributed by atoms with Crippen molar-refractivity contribution in [2.75, 3.05) is 25.5 Å². The maximum Gasteiger partial charge on any atom is 0.418 e. The fourth-order valence-electron chi connectivity index (χ4n) is 3.36. The fourth-order valence-corrected chi connectivity index (χ4v) is 3.36. The van der Waals surface area contributed by atoms with Crippen molar-refractivity contribution in [3.63, 3.8) is 0 Å². The van der Waals surface area contributed by atoms with E-state index in [2.05, 4.69) is 5.32 Å². The highest BCUT2D eigenvalue weighted by molar-refractivity contribution is 5.95. The van der Waals surface area contributed by atoms with Gasteiger partial charge in [-0.2, -0.15) is 13.2 Å². The Kier molecular flexibility index (Phi) is 7.60. The van der Waals surface area contributed by atoms with Crippen molar-refractivity contribution in [1.29, 1.82) is 0 Å². The topological polar surface area (TPSA) is 88.8 Å². The molecule has 10 heteroatoms. The number of para-hydroxylation sites is 1. The minimum atomic E-state index is -4.63. The highest BCUT2D eigenvalue weighted by atomic mass is 19.4. The summed E-state index contributed by atoms with van der Waals surface area (Å²) < 4.78 is 49.9. The van der Waals surface area contributed by atoms with E-state index in [1.54, 1.807) is 12.1 Å². The highest BCUT2D eigenvalue weighted by Gasteiger charge is 2.33. The Balaban J connectivity index is 1.60. The maximum atomic E-state index is 13.1. The van der Waals surface area contributed by atoms with Crippen molar-refractivity contribution in [2.24, 2.45) is 0 Å².